The van der Waals surface area contributed by atoms with Crippen LogP contribution in [0, 0.1) is 27.7 Å². The van der Waals surface area contributed by atoms with Gasteiger partial charge in [0, 0.05) is 16.4 Å². The highest BCUT2D eigenvalue weighted by molar-refractivity contribution is 7.89. The van der Waals surface area contributed by atoms with Crippen molar-refractivity contribution in [2.75, 3.05) is 23.7 Å². The number of amides is 2. The van der Waals surface area contributed by atoms with Gasteiger partial charge in [0.05, 0.1) is 18.0 Å². The number of rotatable bonds is 8. The number of carbonyl (C=O) groups is 2. The van der Waals surface area contributed by atoms with Gasteiger partial charge in [-0.15, -0.1) is 0 Å². The van der Waals surface area contributed by atoms with Crippen molar-refractivity contribution in [3.8, 4) is 0 Å². The van der Waals surface area contributed by atoms with E-state index in [1.165, 1.54) is 24.3 Å². The molecule has 2 N–H and O–H groups in total. The third kappa shape index (κ3) is 6.91. The summed E-state index contributed by atoms with van der Waals surface area (Å²) in [6, 6.07) is 16.4. The Labute approximate surface area is 211 Å². The van der Waals surface area contributed by atoms with E-state index in [-0.39, 0.29) is 4.90 Å². The van der Waals surface area contributed by atoms with Crippen molar-refractivity contribution in [1.82, 2.24) is 4.31 Å². The molecular formula is C26H28ClN3O4S. The molecule has 184 valence electrons. The average molecular weight is 514 g/mol. The summed E-state index contributed by atoms with van der Waals surface area (Å²) in [5, 5.41) is 5.79. The number of anilines is 2. The standard InChI is InChI=1S/C26H28ClN3O4S/c1-17-5-9-22(13-19(17)3)28-25(31)15-30(35(33,34)24-11-7-21(27)8-12-24)16-26(32)29-23-10-6-18(2)20(4)14-23/h5-14H,15-16H2,1-4H3,(H,28,31)(H,29,32). The lowest BCUT2D eigenvalue weighted by atomic mass is 10.1. The van der Waals surface area contributed by atoms with Crippen molar-refractivity contribution in [3.05, 3.63) is 87.9 Å². The van der Waals surface area contributed by atoms with Crippen molar-refractivity contribution in [3.63, 3.8) is 0 Å². The highest BCUT2D eigenvalue weighted by Gasteiger charge is 2.29. The summed E-state index contributed by atoms with van der Waals surface area (Å²) in [6.07, 6.45) is 0. The molecule has 0 spiro atoms. The molecule has 0 saturated heterocycles. The summed E-state index contributed by atoms with van der Waals surface area (Å²) < 4.78 is 27.5. The predicted molar refractivity (Wildman–Crippen MR) is 139 cm³/mol. The van der Waals surface area contributed by atoms with Crippen molar-refractivity contribution < 1.29 is 18.0 Å². The van der Waals surface area contributed by atoms with E-state index in [0.717, 1.165) is 26.6 Å². The Kier molecular flexibility index (Phi) is 8.32. The lowest BCUT2D eigenvalue weighted by Crippen LogP contribution is -2.42. The van der Waals surface area contributed by atoms with Crippen LogP contribution < -0.4 is 10.6 Å². The number of benzene rings is 3. The molecule has 2 amide bonds. The van der Waals surface area contributed by atoms with Gasteiger partial charge in [0.25, 0.3) is 0 Å². The van der Waals surface area contributed by atoms with Crippen LogP contribution in [0.15, 0.2) is 65.6 Å². The molecule has 35 heavy (non-hydrogen) atoms. The van der Waals surface area contributed by atoms with Crippen LogP contribution in [0.2, 0.25) is 5.02 Å². The molecule has 0 unspecified atom stereocenters. The zero-order chi connectivity index (χ0) is 25.8. The van der Waals surface area contributed by atoms with Gasteiger partial charge < -0.3 is 10.6 Å². The van der Waals surface area contributed by atoms with Crippen LogP contribution in [0.25, 0.3) is 0 Å². The molecule has 0 atom stereocenters. The summed E-state index contributed by atoms with van der Waals surface area (Å²) in [7, 11) is -4.17. The Hall–Kier alpha value is -3.20. The second-order valence-corrected chi connectivity index (χ2v) is 10.8. The molecule has 0 aliphatic rings. The van der Waals surface area contributed by atoms with Gasteiger partial charge in [-0.25, -0.2) is 8.42 Å². The smallest absolute Gasteiger partial charge is 0.244 e. The first-order valence-corrected chi connectivity index (χ1v) is 12.8. The van der Waals surface area contributed by atoms with E-state index in [1.54, 1.807) is 24.3 Å². The highest BCUT2D eigenvalue weighted by Crippen LogP contribution is 2.20. The number of hydrogen-bond donors (Lipinski definition) is 2. The van der Waals surface area contributed by atoms with Crippen LogP contribution in [0.3, 0.4) is 0 Å². The molecule has 3 aromatic carbocycles. The molecule has 0 heterocycles. The van der Waals surface area contributed by atoms with Crippen LogP contribution in [0.4, 0.5) is 11.4 Å². The van der Waals surface area contributed by atoms with E-state index in [9.17, 15) is 18.0 Å². The molecule has 0 radical (unpaired) electrons. The molecule has 0 aromatic heterocycles. The highest BCUT2D eigenvalue weighted by atomic mass is 35.5. The molecule has 0 saturated carbocycles. The van der Waals surface area contributed by atoms with Crippen molar-refractivity contribution in [2.24, 2.45) is 0 Å². The van der Waals surface area contributed by atoms with Crippen LogP contribution in [0.1, 0.15) is 22.3 Å². The summed E-state index contributed by atoms with van der Waals surface area (Å²) in [6.45, 7) is 6.65. The first-order valence-electron chi connectivity index (χ1n) is 11.0. The molecule has 0 aliphatic carbocycles. The minimum Gasteiger partial charge on any atom is -0.325 e. The van der Waals surface area contributed by atoms with Crippen LogP contribution >= 0.6 is 11.6 Å². The fourth-order valence-electron chi connectivity index (χ4n) is 3.34. The number of sulfonamides is 1. The van der Waals surface area contributed by atoms with E-state index < -0.39 is 34.9 Å². The van der Waals surface area contributed by atoms with Gasteiger partial charge in [-0.3, -0.25) is 9.59 Å². The first-order chi connectivity index (χ1) is 16.5. The Bertz CT molecular complexity index is 1290. The van der Waals surface area contributed by atoms with Gasteiger partial charge in [-0.05, 0) is 98.5 Å². The van der Waals surface area contributed by atoms with Crippen LogP contribution in [0.5, 0.6) is 0 Å². The van der Waals surface area contributed by atoms with Crippen molar-refractivity contribution in [1.29, 1.82) is 0 Å². The maximum absolute atomic E-state index is 13.3. The summed E-state index contributed by atoms with van der Waals surface area (Å²) in [5.41, 5.74) is 5.20. The molecule has 0 bridgehead atoms. The number of nitrogens with zero attached hydrogens (tertiary/aromatic N) is 1. The van der Waals surface area contributed by atoms with Crippen LogP contribution in [-0.4, -0.2) is 37.6 Å². The Balaban J connectivity index is 1.83. The number of nitrogens with one attached hydrogen (secondary N) is 2. The Morgan fingerprint density at radius 2 is 1.14 bits per heavy atom. The third-order valence-corrected chi connectivity index (χ3v) is 7.73. The van der Waals surface area contributed by atoms with E-state index in [2.05, 4.69) is 10.6 Å². The molecule has 7 nitrogen and oxygen atoms in total. The van der Waals surface area contributed by atoms with E-state index in [1.807, 2.05) is 39.8 Å². The zero-order valence-electron chi connectivity index (χ0n) is 20.1. The van der Waals surface area contributed by atoms with Gasteiger partial charge >= 0.3 is 0 Å². The molecule has 3 aromatic rings. The first kappa shape index (κ1) is 26.4. The fraction of sp³-hybridized carbons (Fsp3) is 0.231. The molecule has 0 fully saturated rings. The lowest BCUT2D eigenvalue weighted by Gasteiger charge is -2.22. The number of aryl methyl sites for hydroxylation is 4. The van der Waals surface area contributed by atoms with Gasteiger partial charge in [0.1, 0.15) is 0 Å². The molecule has 9 heteroatoms. The SMILES string of the molecule is Cc1ccc(NC(=O)CN(CC(=O)Nc2ccc(C)c(C)c2)S(=O)(=O)c2ccc(Cl)cc2)cc1C. The van der Waals surface area contributed by atoms with Crippen molar-refractivity contribution in [2.45, 2.75) is 32.6 Å². The summed E-state index contributed by atoms with van der Waals surface area (Å²) in [4.78, 5) is 25.5. The summed E-state index contributed by atoms with van der Waals surface area (Å²) in [5.74, 6) is -1.13. The number of hydrogen-bond acceptors (Lipinski definition) is 4. The largest absolute Gasteiger partial charge is 0.325 e. The normalized spacial score (nSPS) is 11.4. The van der Waals surface area contributed by atoms with Gasteiger partial charge in [0.2, 0.25) is 21.8 Å². The number of carbonyl (C=O) groups excluding carboxylic acids is 2. The van der Waals surface area contributed by atoms with Gasteiger partial charge in [0.15, 0.2) is 0 Å². The summed E-state index contributed by atoms with van der Waals surface area (Å²) >= 11 is 5.90. The molecular weight excluding hydrogens is 486 g/mol. The maximum Gasteiger partial charge on any atom is 0.244 e. The topological polar surface area (TPSA) is 95.6 Å². The minimum atomic E-state index is -4.17. The Morgan fingerprint density at radius 1 is 0.714 bits per heavy atom. The monoisotopic (exact) mass is 513 g/mol. The predicted octanol–water partition coefficient (Wildman–Crippen LogP) is 4.84. The average Bonchev–Trinajstić information content (AvgIpc) is 2.78. The van der Waals surface area contributed by atoms with E-state index in [0.29, 0.717) is 16.4 Å². The second kappa shape index (κ2) is 11.0. The van der Waals surface area contributed by atoms with E-state index >= 15 is 0 Å². The second-order valence-electron chi connectivity index (χ2n) is 8.42. The quantitative estimate of drug-likeness (QED) is 0.450. The molecule has 3 rings (SSSR count). The van der Waals surface area contributed by atoms with Gasteiger partial charge in [-0.1, -0.05) is 23.7 Å². The minimum absolute atomic E-state index is 0.0696. The Morgan fingerprint density at radius 3 is 1.54 bits per heavy atom. The lowest BCUT2D eigenvalue weighted by molar-refractivity contribution is -0.118. The van der Waals surface area contributed by atoms with Crippen molar-refractivity contribution >= 4 is 44.8 Å². The third-order valence-electron chi connectivity index (χ3n) is 5.67. The zero-order valence-corrected chi connectivity index (χ0v) is 21.6. The number of halogens is 1. The van der Waals surface area contributed by atoms with E-state index in [4.69, 9.17) is 11.6 Å². The molecule has 0 aliphatic heterocycles. The van der Waals surface area contributed by atoms with Crippen LogP contribution in [-0.2, 0) is 19.6 Å². The maximum atomic E-state index is 13.3. The fourth-order valence-corrected chi connectivity index (χ4v) is 4.82. The van der Waals surface area contributed by atoms with Gasteiger partial charge in [-0.2, -0.15) is 4.31 Å².